The van der Waals surface area contributed by atoms with Crippen LogP contribution in [0.25, 0.3) is 0 Å². The second kappa shape index (κ2) is 6.64. The van der Waals surface area contributed by atoms with Gasteiger partial charge in [-0.05, 0) is 17.7 Å². The highest BCUT2D eigenvalue weighted by Crippen LogP contribution is 2.64. The van der Waals surface area contributed by atoms with E-state index < -0.39 is 12.5 Å². The van der Waals surface area contributed by atoms with Crippen molar-refractivity contribution in [1.29, 1.82) is 0 Å². The van der Waals surface area contributed by atoms with Gasteiger partial charge in [0.15, 0.2) is 0 Å². The Morgan fingerprint density at radius 1 is 1.00 bits per heavy atom. The number of hydrazone groups is 1. The molecule has 0 amide bonds. The maximum atomic E-state index is 13.8. The summed E-state index contributed by atoms with van der Waals surface area (Å²) in [5.74, 6) is 0. The molecule has 2 aromatic carbocycles. The minimum absolute atomic E-state index is 0.00553. The number of nitro groups is 1. The van der Waals surface area contributed by atoms with E-state index >= 15 is 0 Å². The highest BCUT2D eigenvalue weighted by Gasteiger charge is 2.52. The molecule has 2 aliphatic rings. The zero-order valence-electron chi connectivity index (χ0n) is 14.0. The minimum atomic E-state index is -3.02. The molecule has 2 aliphatic heterocycles. The molecule has 0 saturated carbocycles. The molecule has 2 fully saturated rings. The molecule has 0 spiro atoms. The van der Waals surface area contributed by atoms with Crippen LogP contribution in [0.15, 0.2) is 59.7 Å². The van der Waals surface area contributed by atoms with Gasteiger partial charge >= 0.3 is 7.59 Å². The Bertz CT molecular complexity index is 863. The van der Waals surface area contributed by atoms with Crippen molar-refractivity contribution in [3.8, 4) is 0 Å². The Morgan fingerprint density at radius 2 is 1.58 bits per heavy atom. The molecule has 0 atom stereocenters. The van der Waals surface area contributed by atoms with Gasteiger partial charge in [-0.1, -0.05) is 30.3 Å². The highest BCUT2D eigenvalue weighted by molar-refractivity contribution is 7.61. The summed E-state index contributed by atoms with van der Waals surface area (Å²) in [4.78, 5) is 10.5. The Morgan fingerprint density at radius 3 is 2.08 bits per heavy atom. The molecule has 0 N–H and O–H groups in total. The van der Waals surface area contributed by atoms with Crippen molar-refractivity contribution in [1.82, 2.24) is 9.34 Å². The van der Waals surface area contributed by atoms with E-state index in [1.807, 2.05) is 39.7 Å². The van der Waals surface area contributed by atoms with Crippen molar-refractivity contribution in [2.24, 2.45) is 5.10 Å². The summed E-state index contributed by atoms with van der Waals surface area (Å²) in [7, 11) is -3.02. The zero-order valence-corrected chi connectivity index (χ0v) is 14.9. The molecule has 2 heterocycles. The fourth-order valence-electron chi connectivity index (χ4n) is 2.68. The van der Waals surface area contributed by atoms with Gasteiger partial charge < -0.3 is 0 Å². The van der Waals surface area contributed by atoms with Crippen LogP contribution in [0.5, 0.6) is 0 Å². The first-order chi connectivity index (χ1) is 12.6. The van der Waals surface area contributed by atoms with Crippen LogP contribution in [0.3, 0.4) is 0 Å². The smallest absolute Gasteiger partial charge is 0.262 e. The normalized spacial score (nSPS) is 17.4. The van der Waals surface area contributed by atoms with Crippen LogP contribution >= 0.6 is 7.59 Å². The van der Waals surface area contributed by atoms with Crippen LogP contribution < -0.4 is 4.78 Å². The Hall–Kier alpha value is -2.54. The predicted octanol–water partition coefficient (Wildman–Crippen LogP) is 3.17. The van der Waals surface area contributed by atoms with Crippen molar-refractivity contribution >= 4 is 25.2 Å². The van der Waals surface area contributed by atoms with Crippen molar-refractivity contribution in [3.63, 3.8) is 0 Å². The van der Waals surface area contributed by atoms with E-state index in [4.69, 9.17) is 0 Å². The third-order valence-electron chi connectivity index (χ3n) is 4.24. The standard InChI is InChI=1S/C17H18N5O3P/c23-22(24)17-8-6-16(7-9-17)21(18-14-15-4-2-1-3-5-15)26(25,19-10-11-19)20-12-13-20/h1-9,14H,10-13H2/b18-14+. The van der Waals surface area contributed by atoms with Gasteiger partial charge in [-0.2, -0.15) is 9.88 Å². The number of rotatable bonds is 7. The van der Waals surface area contributed by atoms with Crippen LogP contribution in [-0.2, 0) is 4.57 Å². The number of hydrogen-bond acceptors (Lipinski definition) is 4. The van der Waals surface area contributed by atoms with Gasteiger partial charge in [0.1, 0.15) is 0 Å². The van der Waals surface area contributed by atoms with Crippen LogP contribution in [0.2, 0.25) is 0 Å². The largest absolute Gasteiger partial charge is 0.331 e. The van der Waals surface area contributed by atoms with Crippen LogP contribution in [-0.4, -0.2) is 46.7 Å². The Labute approximate surface area is 151 Å². The summed E-state index contributed by atoms with van der Waals surface area (Å²) < 4.78 is 19.2. The maximum absolute atomic E-state index is 13.8. The predicted molar refractivity (Wildman–Crippen MR) is 100 cm³/mol. The maximum Gasteiger partial charge on any atom is 0.331 e. The van der Waals surface area contributed by atoms with Crippen molar-refractivity contribution in [3.05, 3.63) is 70.3 Å². The molecule has 8 nitrogen and oxygen atoms in total. The van der Waals surface area contributed by atoms with Crippen molar-refractivity contribution in [2.45, 2.75) is 0 Å². The number of nitro benzene ring substituents is 1. The fourth-order valence-corrected chi connectivity index (χ4v) is 5.36. The second-order valence-corrected chi connectivity index (χ2v) is 8.68. The van der Waals surface area contributed by atoms with E-state index in [9.17, 15) is 14.7 Å². The monoisotopic (exact) mass is 371 g/mol. The SMILES string of the molecule is O=[N+]([O-])c1ccc(N(/N=C/c2ccccc2)P(=O)(N2CC2)N2CC2)cc1. The topological polar surface area (TPSA) is 81.8 Å². The number of hydrogen-bond donors (Lipinski definition) is 0. The molecule has 2 saturated heterocycles. The number of benzene rings is 2. The molecular formula is C17H18N5O3P. The average molecular weight is 371 g/mol. The summed E-state index contributed by atoms with van der Waals surface area (Å²) >= 11 is 0. The first kappa shape index (κ1) is 16.9. The van der Waals surface area contributed by atoms with Gasteiger partial charge in [0, 0.05) is 38.3 Å². The quantitative estimate of drug-likeness (QED) is 0.244. The molecule has 26 heavy (non-hydrogen) atoms. The van der Waals surface area contributed by atoms with E-state index in [1.165, 1.54) is 16.9 Å². The fraction of sp³-hybridized carbons (Fsp3) is 0.235. The number of non-ortho nitro benzene ring substituents is 1. The molecule has 9 heteroatoms. The summed E-state index contributed by atoms with van der Waals surface area (Å²) in [6, 6.07) is 15.6. The molecule has 2 aromatic rings. The molecule has 0 unspecified atom stereocenters. The van der Waals surface area contributed by atoms with Crippen LogP contribution in [0, 0.1) is 10.1 Å². The molecular weight excluding hydrogens is 353 g/mol. The van der Waals surface area contributed by atoms with E-state index in [0.717, 1.165) is 31.7 Å². The minimum Gasteiger partial charge on any atom is -0.262 e. The second-order valence-electron chi connectivity index (χ2n) is 6.14. The van der Waals surface area contributed by atoms with Gasteiger partial charge in [-0.3, -0.25) is 14.7 Å². The summed E-state index contributed by atoms with van der Waals surface area (Å²) in [6.45, 7) is 3.05. The number of nitrogens with zero attached hydrogens (tertiary/aromatic N) is 5. The lowest BCUT2D eigenvalue weighted by Crippen LogP contribution is -2.23. The third kappa shape index (κ3) is 3.26. The van der Waals surface area contributed by atoms with Gasteiger partial charge in [0.05, 0.1) is 16.8 Å². The molecule has 4 rings (SSSR count). The molecule has 0 aliphatic carbocycles. The number of anilines is 1. The van der Waals surface area contributed by atoms with Crippen LogP contribution in [0.1, 0.15) is 5.56 Å². The first-order valence-electron chi connectivity index (χ1n) is 8.34. The molecule has 0 radical (unpaired) electrons. The average Bonchev–Trinajstić information content (AvgIpc) is 3.55. The van der Waals surface area contributed by atoms with E-state index in [1.54, 1.807) is 18.3 Å². The summed E-state index contributed by atoms with van der Waals surface area (Å²) in [6.07, 6.45) is 1.67. The summed E-state index contributed by atoms with van der Waals surface area (Å²) in [5, 5.41) is 15.4. The van der Waals surface area contributed by atoms with Crippen LogP contribution in [0.4, 0.5) is 11.4 Å². The van der Waals surface area contributed by atoms with Gasteiger partial charge in [0.25, 0.3) is 5.69 Å². The summed E-state index contributed by atoms with van der Waals surface area (Å²) in [5.41, 5.74) is 1.46. The lowest BCUT2D eigenvalue weighted by atomic mass is 10.2. The van der Waals surface area contributed by atoms with E-state index in [-0.39, 0.29) is 5.69 Å². The van der Waals surface area contributed by atoms with Gasteiger partial charge in [-0.15, -0.1) is 0 Å². The van der Waals surface area contributed by atoms with Crippen molar-refractivity contribution < 1.29 is 9.49 Å². The molecule has 134 valence electrons. The zero-order chi connectivity index (χ0) is 18.1. The lowest BCUT2D eigenvalue weighted by molar-refractivity contribution is -0.384. The highest BCUT2D eigenvalue weighted by atomic mass is 31.2. The van der Waals surface area contributed by atoms with Gasteiger partial charge in [0.2, 0.25) is 0 Å². The Kier molecular flexibility index (Phi) is 4.32. The third-order valence-corrected chi connectivity index (χ3v) is 7.34. The lowest BCUT2D eigenvalue weighted by Gasteiger charge is -2.30. The molecule has 0 bridgehead atoms. The first-order valence-corrected chi connectivity index (χ1v) is 9.90. The van der Waals surface area contributed by atoms with E-state index in [2.05, 4.69) is 5.10 Å². The van der Waals surface area contributed by atoms with Gasteiger partial charge in [-0.25, -0.2) is 9.34 Å². The Balaban J connectivity index is 1.72. The molecule has 0 aromatic heterocycles. The van der Waals surface area contributed by atoms with Crippen molar-refractivity contribution in [2.75, 3.05) is 31.0 Å². The van der Waals surface area contributed by atoms with E-state index in [0.29, 0.717) is 5.69 Å².